The van der Waals surface area contributed by atoms with Crippen molar-refractivity contribution >= 4 is 0 Å². The van der Waals surface area contributed by atoms with Gasteiger partial charge in [-0.25, -0.2) is 4.98 Å². The molecule has 1 fully saturated rings. The van der Waals surface area contributed by atoms with Gasteiger partial charge in [0.25, 0.3) is 0 Å². The highest BCUT2D eigenvalue weighted by Crippen LogP contribution is 2.27. The van der Waals surface area contributed by atoms with E-state index in [1.807, 2.05) is 6.20 Å². The zero-order valence-corrected chi connectivity index (χ0v) is 7.45. The summed E-state index contributed by atoms with van der Waals surface area (Å²) in [6.07, 6.45) is 7.64. The van der Waals surface area contributed by atoms with Crippen molar-refractivity contribution in [2.24, 2.45) is 0 Å². The molecule has 3 nitrogen and oxygen atoms in total. The summed E-state index contributed by atoms with van der Waals surface area (Å²) in [4.78, 5) is 9.63. The number of likely N-dealkylation sites (tertiary alicyclic amines) is 1. The van der Waals surface area contributed by atoms with E-state index in [0.717, 1.165) is 0 Å². The summed E-state index contributed by atoms with van der Waals surface area (Å²) < 4.78 is 0. The van der Waals surface area contributed by atoms with Gasteiger partial charge in [-0.05, 0) is 26.4 Å². The number of piperidine rings is 1. The zero-order chi connectivity index (χ0) is 8.39. The van der Waals surface area contributed by atoms with E-state index in [-0.39, 0.29) is 0 Å². The predicted octanol–water partition coefficient (Wildman–Crippen LogP) is 1.57. The van der Waals surface area contributed by atoms with Crippen molar-refractivity contribution in [1.29, 1.82) is 0 Å². The molecule has 1 atom stereocenters. The van der Waals surface area contributed by atoms with E-state index < -0.39 is 0 Å². The minimum Gasteiger partial charge on any atom is -0.347 e. The number of hydrogen-bond acceptors (Lipinski definition) is 2. The van der Waals surface area contributed by atoms with Crippen LogP contribution in [0.1, 0.15) is 31.0 Å². The lowest BCUT2D eigenvalue weighted by Gasteiger charge is -2.31. The molecule has 0 aromatic carbocycles. The van der Waals surface area contributed by atoms with Crippen LogP contribution in [0.2, 0.25) is 0 Å². The standard InChI is InChI=1S/C9H15N3/c1-12-5-3-2-4-9(12)8-6-10-7-11-8/h6-7,9H,2-5H2,1H3,(H,10,11). The summed E-state index contributed by atoms with van der Waals surface area (Å²) in [6, 6.07) is 0.571. The highest BCUT2D eigenvalue weighted by Gasteiger charge is 2.20. The number of aromatic amines is 1. The first kappa shape index (κ1) is 7.80. The summed E-state index contributed by atoms with van der Waals surface area (Å²) in [7, 11) is 2.19. The Bertz CT molecular complexity index is 230. The summed E-state index contributed by atoms with van der Waals surface area (Å²) in [5.74, 6) is 0. The van der Waals surface area contributed by atoms with Crippen LogP contribution in [0.5, 0.6) is 0 Å². The van der Waals surface area contributed by atoms with Gasteiger partial charge in [0.2, 0.25) is 0 Å². The van der Waals surface area contributed by atoms with E-state index in [1.165, 1.54) is 31.5 Å². The first-order chi connectivity index (χ1) is 5.88. The van der Waals surface area contributed by atoms with Gasteiger partial charge in [-0.2, -0.15) is 0 Å². The van der Waals surface area contributed by atoms with E-state index in [9.17, 15) is 0 Å². The third kappa shape index (κ3) is 1.37. The average molecular weight is 165 g/mol. The first-order valence-corrected chi connectivity index (χ1v) is 4.56. The molecule has 12 heavy (non-hydrogen) atoms. The van der Waals surface area contributed by atoms with Crippen molar-refractivity contribution in [3.63, 3.8) is 0 Å². The van der Waals surface area contributed by atoms with Gasteiger partial charge < -0.3 is 4.98 Å². The Hall–Kier alpha value is -0.830. The van der Waals surface area contributed by atoms with Crippen LogP contribution in [0.4, 0.5) is 0 Å². The van der Waals surface area contributed by atoms with Crippen LogP contribution in [0.25, 0.3) is 0 Å². The summed E-state index contributed by atoms with van der Waals surface area (Å²) in [5, 5.41) is 0. The Morgan fingerprint density at radius 3 is 3.17 bits per heavy atom. The lowest BCUT2D eigenvalue weighted by molar-refractivity contribution is 0.184. The van der Waals surface area contributed by atoms with Crippen LogP contribution in [-0.2, 0) is 0 Å². The molecule has 0 aliphatic carbocycles. The SMILES string of the molecule is CN1CCCCC1c1cnc[nH]1. The lowest BCUT2D eigenvalue weighted by Crippen LogP contribution is -2.29. The van der Waals surface area contributed by atoms with Gasteiger partial charge in [0, 0.05) is 6.20 Å². The molecule has 0 amide bonds. The van der Waals surface area contributed by atoms with Crippen LogP contribution in [0, 0.1) is 0 Å². The van der Waals surface area contributed by atoms with E-state index in [2.05, 4.69) is 21.9 Å². The molecular weight excluding hydrogens is 150 g/mol. The molecule has 1 aromatic heterocycles. The highest BCUT2D eigenvalue weighted by molar-refractivity contribution is 5.03. The van der Waals surface area contributed by atoms with Crippen molar-refractivity contribution < 1.29 is 0 Å². The third-order valence-electron chi connectivity index (χ3n) is 2.65. The number of rotatable bonds is 1. The second-order valence-electron chi connectivity index (χ2n) is 3.50. The van der Waals surface area contributed by atoms with Crippen LogP contribution in [-0.4, -0.2) is 28.5 Å². The maximum Gasteiger partial charge on any atom is 0.0922 e. The Morgan fingerprint density at radius 2 is 2.50 bits per heavy atom. The van der Waals surface area contributed by atoms with Gasteiger partial charge in [0.15, 0.2) is 0 Å². The molecule has 66 valence electrons. The Morgan fingerprint density at radius 1 is 1.58 bits per heavy atom. The van der Waals surface area contributed by atoms with E-state index in [4.69, 9.17) is 0 Å². The fourth-order valence-corrected chi connectivity index (χ4v) is 1.92. The van der Waals surface area contributed by atoms with Crippen LogP contribution in [0.3, 0.4) is 0 Å². The number of hydrogen-bond donors (Lipinski definition) is 1. The average Bonchev–Trinajstić information content (AvgIpc) is 2.57. The minimum atomic E-state index is 0.571. The maximum atomic E-state index is 4.05. The monoisotopic (exact) mass is 165 g/mol. The summed E-state index contributed by atoms with van der Waals surface area (Å²) >= 11 is 0. The van der Waals surface area contributed by atoms with Gasteiger partial charge in [0.1, 0.15) is 0 Å². The molecule has 1 aliphatic heterocycles. The smallest absolute Gasteiger partial charge is 0.0922 e. The summed E-state index contributed by atoms with van der Waals surface area (Å²) in [5.41, 5.74) is 1.26. The number of H-pyrrole nitrogens is 1. The van der Waals surface area contributed by atoms with Gasteiger partial charge in [-0.3, -0.25) is 4.90 Å². The zero-order valence-electron chi connectivity index (χ0n) is 7.45. The molecule has 0 bridgehead atoms. The molecule has 3 heteroatoms. The maximum absolute atomic E-state index is 4.05. The molecule has 1 N–H and O–H groups in total. The fourth-order valence-electron chi connectivity index (χ4n) is 1.92. The molecule has 0 radical (unpaired) electrons. The van der Waals surface area contributed by atoms with Gasteiger partial charge in [-0.15, -0.1) is 0 Å². The molecular formula is C9H15N3. The van der Waals surface area contributed by atoms with Crippen molar-refractivity contribution in [3.8, 4) is 0 Å². The Balaban J connectivity index is 2.11. The largest absolute Gasteiger partial charge is 0.347 e. The Kier molecular flexibility index (Phi) is 2.13. The van der Waals surface area contributed by atoms with E-state index in [0.29, 0.717) is 6.04 Å². The third-order valence-corrected chi connectivity index (χ3v) is 2.65. The fraction of sp³-hybridized carbons (Fsp3) is 0.667. The van der Waals surface area contributed by atoms with Crippen molar-refractivity contribution in [3.05, 3.63) is 18.2 Å². The molecule has 1 unspecified atom stereocenters. The van der Waals surface area contributed by atoms with Gasteiger partial charge in [0.05, 0.1) is 18.1 Å². The molecule has 1 aromatic rings. The number of aromatic nitrogens is 2. The van der Waals surface area contributed by atoms with Crippen molar-refractivity contribution in [2.75, 3.05) is 13.6 Å². The van der Waals surface area contributed by atoms with Crippen LogP contribution < -0.4 is 0 Å². The summed E-state index contributed by atoms with van der Waals surface area (Å²) in [6.45, 7) is 1.21. The topological polar surface area (TPSA) is 31.9 Å². The highest BCUT2D eigenvalue weighted by atomic mass is 15.1. The number of imidazole rings is 1. The molecule has 2 heterocycles. The number of nitrogens with one attached hydrogen (secondary N) is 1. The van der Waals surface area contributed by atoms with Gasteiger partial charge >= 0.3 is 0 Å². The molecule has 1 aliphatic rings. The van der Waals surface area contributed by atoms with E-state index in [1.54, 1.807) is 6.33 Å². The quantitative estimate of drug-likeness (QED) is 0.685. The number of nitrogens with zero attached hydrogens (tertiary/aromatic N) is 2. The van der Waals surface area contributed by atoms with Gasteiger partial charge in [-0.1, -0.05) is 6.42 Å². The second kappa shape index (κ2) is 3.27. The second-order valence-corrected chi connectivity index (χ2v) is 3.50. The van der Waals surface area contributed by atoms with Crippen molar-refractivity contribution in [2.45, 2.75) is 25.3 Å². The molecule has 0 spiro atoms. The van der Waals surface area contributed by atoms with Crippen molar-refractivity contribution in [1.82, 2.24) is 14.9 Å². The Labute approximate surface area is 72.8 Å². The van der Waals surface area contributed by atoms with Crippen LogP contribution in [0.15, 0.2) is 12.5 Å². The van der Waals surface area contributed by atoms with Crippen LogP contribution >= 0.6 is 0 Å². The molecule has 0 saturated carbocycles. The predicted molar refractivity (Wildman–Crippen MR) is 47.8 cm³/mol. The lowest BCUT2D eigenvalue weighted by atomic mass is 10.0. The normalized spacial score (nSPS) is 25.9. The van der Waals surface area contributed by atoms with E-state index >= 15 is 0 Å². The first-order valence-electron chi connectivity index (χ1n) is 4.56. The minimum absolute atomic E-state index is 0.571. The molecule has 2 rings (SSSR count). The molecule has 1 saturated heterocycles.